The average Bonchev–Trinajstić information content (AvgIpc) is 3.18. The van der Waals surface area contributed by atoms with E-state index in [0.717, 1.165) is 44.0 Å². The standard InChI is InChI=1S/C18H20N6/c1-2-4-15(5-3-1)12-17-20-9-6-18(22-17)23-10-7-16(8-11-23)24-14-19-13-21-24/h1-6,9,13-14,16H,7-8,10-12H2. The van der Waals surface area contributed by atoms with Gasteiger partial charge in [-0.2, -0.15) is 5.10 Å². The molecule has 6 heteroatoms. The van der Waals surface area contributed by atoms with Gasteiger partial charge in [-0.15, -0.1) is 0 Å². The van der Waals surface area contributed by atoms with Crippen LogP contribution < -0.4 is 4.90 Å². The minimum absolute atomic E-state index is 0.439. The molecule has 3 heterocycles. The summed E-state index contributed by atoms with van der Waals surface area (Å²) in [6, 6.07) is 12.8. The van der Waals surface area contributed by atoms with Crippen molar-refractivity contribution in [1.29, 1.82) is 0 Å². The molecule has 1 aromatic carbocycles. The second kappa shape index (κ2) is 6.78. The zero-order chi connectivity index (χ0) is 16.2. The molecule has 0 spiro atoms. The number of anilines is 1. The molecule has 0 atom stereocenters. The quantitative estimate of drug-likeness (QED) is 0.739. The Morgan fingerprint density at radius 3 is 2.62 bits per heavy atom. The predicted octanol–water partition coefficient (Wildman–Crippen LogP) is 2.50. The average molecular weight is 320 g/mol. The molecule has 24 heavy (non-hydrogen) atoms. The SMILES string of the molecule is c1ccc(Cc2nccc(N3CCC(n4cncn4)CC3)n2)cc1. The van der Waals surface area contributed by atoms with Crippen LogP contribution in [0.2, 0.25) is 0 Å². The number of rotatable bonds is 4. The zero-order valence-electron chi connectivity index (χ0n) is 13.5. The van der Waals surface area contributed by atoms with E-state index in [1.165, 1.54) is 5.56 Å². The van der Waals surface area contributed by atoms with Crippen LogP contribution in [0.4, 0.5) is 5.82 Å². The minimum Gasteiger partial charge on any atom is -0.356 e. The molecule has 2 aromatic heterocycles. The number of benzene rings is 1. The van der Waals surface area contributed by atoms with Gasteiger partial charge < -0.3 is 4.90 Å². The van der Waals surface area contributed by atoms with Gasteiger partial charge in [-0.1, -0.05) is 30.3 Å². The van der Waals surface area contributed by atoms with Gasteiger partial charge in [0.05, 0.1) is 6.04 Å². The fourth-order valence-corrected chi connectivity index (χ4v) is 3.19. The van der Waals surface area contributed by atoms with Gasteiger partial charge in [-0.05, 0) is 24.5 Å². The van der Waals surface area contributed by atoms with Crippen molar-refractivity contribution < 1.29 is 0 Å². The summed E-state index contributed by atoms with van der Waals surface area (Å²) in [7, 11) is 0. The summed E-state index contributed by atoms with van der Waals surface area (Å²) in [6.45, 7) is 1.96. The Balaban J connectivity index is 1.43. The third-order valence-electron chi connectivity index (χ3n) is 4.50. The molecular weight excluding hydrogens is 300 g/mol. The molecule has 0 amide bonds. The molecule has 0 bridgehead atoms. The lowest BCUT2D eigenvalue weighted by atomic mass is 10.1. The summed E-state index contributed by atoms with van der Waals surface area (Å²) in [5.74, 6) is 1.89. The van der Waals surface area contributed by atoms with E-state index in [-0.39, 0.29) is 0 Å². The first kappa shape index (κ1) is 14.8. The van der Waals surface area contributed by atoms with Crippen LogP contribution in [0.5, 0.6) is 0 Å². The van der Waals surface area contributed by atoms with Crippen LogP contribution in [0, 0.1) is 0 Å². The fraction of sp³-hybridized carbons (Fsp3) is 0.333. The Morgan fingerprint density at radius 1 is 1.04 bits per heavy atom. The van der Waals surface area contributed by atoms with Gasteiger partial charge in [-0.3, -0.25) is 0 Å². The third kappa shape index (κ3) is 3.27. The van der Waals surface area contributed by atoms with Gasteiger partial charge in [-0.25, -0.2) is 19.6 Å². The normalized spacial score (nSPS) is 15.6. The largest absolute Gasteiger partial charge is 0.356 e. The molecule has 1 aliphatic rings. The molecule has 0 unspecified atom stereocenters. The molecule has 3 aromatic rings. The van der Waals surface area contributed by atoms with Crippen molar-refractivity contribution >= 4 is 5.82 Å². The number of piperidine rings is 1. The molecule has 1 saturated heterocycles. The van der Waals surface area contributed by atoms with Crippen molar-refractivity contribution in [1.82, 2.24) is 24.7 Å². The van der Waals surface area contributed by atoms with E-state index in [4.69, 9.17) is 4.98 Å². The van der Waals surface area contributed by atoms with E-state index in [1.54, 1.807) is 6.33 Å². The summed E-state index contributed by atoms with van der Waals surface area (Å²) >= 11 is 0. The van der Waals surface area contributed by atoms with E-state index < -0.39 is 0 Å². The summed E-state index contributed by atoms with van der Waals surface area (Å²) in [4.78, 5) is 15.6. The van der Waals surface area contributed by atoms with Gasteiger partial charge in [0.25, 0.3) is 0 Å². The maximum Gasteiger partial charge on any atom is 0.137 e. The summed E-state index contributed by atoms with van der Waals surface area (Å²) < 4.78 is 1.97. The maximum absolute atomic E-state index is 4.76. The first-order valence-electron chi connectivity index (χ1n) is 8.33. The smallest absolute Gasteiger partial charge is 0.137 e. The van der Waals surface area contributed by atoms with E-state index >= 15 is 0 Å². The van der Waals surface area contributed by atoms with Gasteiger partial charge in [0.2, 0.25) is 0 Å². The Morgan fingerprint density at radius 2 is 1.88 bits per heavy atom. The summed E-state index contributed by atoms with van der Waals surface area (Å²) in [5.41, 5.74) is 1.24. The lowest BCUT2D eigenvalue weighted by Gasteiger charge is -2.32. The number of aromatic nitrogens is 5. The molecule has 0 saturated carbocycles. The monoisotopic (exact) mass is 320 g/mol. The topological polar surface area (TPSA) is 59.7 Å². The second-order valence-corrected chi connectivity index (χ2v) is 6.09. The number of nitrogens with zero attached hydrogens (tertiary/aromatic N) is 6. The Kier molecular flexibility index (Phi) is 4.18. The first-order valence-corrected chi connectivity index (χ1v) is 8.33. The van der Waals surface area contributed by atoms with Crippen molar-refractivity contribution in [2.75, 3.05) is 18.0 Å². The van der Waals surface area contributed by atoms with E-state index in [9.17, 15) is 0 Å². The molecule has 6 nitrogen and oxygen atoms in total. The summed E-state index contributed by atoms with van der Waals surface area (Å²) in [5, 5.41) is 4.26. The molecular formula is C18H20N6. The van der Waals surface area contributed by atoms with Crippen molar-refractivity contribution in [2.24, 2.45) is 0 Å². The van der Waals surface area contributed by atoms with Crippen LogP contribution in [-0.2, 0) is 6.42 Å². The fourth-order valence-electron chi connectivity index (χ4n) is 3.19. The Bertz CT molecular complexity index is 763. The van der Waals surface area contributed by atoms with Crippen LogP contribution in [0.25, 0.3) is 0 Å². The van der Waals surface area contributed by atoms with Crippen LogP contribution in [0.1, 0.15) is 30.3 Å². The molecule has 1 aliphatic heterocycles. The van der Waals surface area contributed by atoms with Crippen molar-refractivity contribution in [3.63, 3.8) is 0 Å². The van der Waals surface area contributed by atoms with Crippen molar-refractivity contribution in [3.05, 3.63) is 66.6 Å². The van der Waals surface area contributed by atoms with E-state index in [0.29, 0.717) is 6.04 Å². The molecule has 1 fully saturated rings. The Labute approximate surface area is 141 Å². The van der Waals surface area contributed by atoms with Crippen LogP contribution in [0.3, 0.4) is 0 Å². The molecule has 4 rings (SSSR count). The maximum atomic E-state index is 4.76. The third-order valence-corrected chi connectivity index (χ3v) is 4.50. The van der Waals surface area contributed by atoms with E-state index in [2.05, 4.69) is 32.1 Å². The highest BCUT2D eigenvalue weighted by Crippen LogP contribution is 2.24. The first-order chi connectivity index (χ1) is 11.9. The molecule has 0 radical (unpaired) electrons. The van der Waals surface area contributed by atoms with Crippen LogP contribution in [0.15, 0.2) is 55.2 Å². The van der Waals surface area contributed by atoms with Gasteiger partial charge >= 0.3 is 0 Å². The summed E-state index contributed by atoms with van der Waals surface area (Å²) in [6.07, 6.45) is 8.16. The lowest BCUT2D eigenvalue weighted by Crippen LogP contribution is -2.35. The van der Waals surface area contributed by atoms with Gasteiger partial charge in [0.15, 0.2) is 0 Å². The zero-order valence-corrected chi connectivity index (χ0v) is 13.5. The molecule has 0 aliphatic carbocycles. The van der Waals surface area contributed by atoms with Crippen LogP contribution >= 0.6 is 0 Å². The molecule has 122 valence electrons. The lowest BCUT2D eigenvalue weighted by molar-refractivity contribution is 0.365. The Hall–Kier alpha value is -2.76. The second-order valence-electron chi connectivity index (χ2n) is 6.09. The molecule has 0 N–H and O–H groups in total. The predicted molar refractivity (Wildman–Crippen MR) is 91.8 cm³/mol. The highest BCUT2D eigenvalue weighted by Gasteiger charge is 2.22. The minimum atomic E-state index is 0.439. The van der Waals surface area contributed by atoms with Gasteiger partial charge in [0.1, 0.15) is 24.3 Å². The highest BCUT2D eigenvalue weighted by molar-refractivity contribution is 5.38. The van der Waals surface area contributed by atoms with Crippen molar-refractivity contribution in [3.8, 4) is 0 Å². The van der Waals surface area contributed by atoms with Crippen LogP contribution in [-0.4, -0.2) is 37.8 Å². The number of hydrogen-bond donors (Lipinski definition) is 0. The number of hydrogen-bond acceptors (Lipinski definition) is 5. The van der Waals surface area contributed by atoms with E-state index in [1.807, 2.05) is 41.5 Å². The highest BCUT2D eigenvalue weighted by atomic mass is 15.3. The van der Waals surface area contributed by atoms with Crippen molar-refractivity contribution in [2.45, 2.75) is 25.3 Å². The van der Waals surface area contributed by atoms with Gasteiger partial charge in [0, 0.05) is 25.7 Å².